The average Bonchev–Trinajstić information content (AvgIpc) is 3.07. The van der Waals surface area contributed by atoms with E-state index in [0.717, 1.165) is 0 Å². The highest BCUT2D eigenvalue weighted by atomic mass is 28.5. The van der Waals surface area contributed by atoms with Gasteiger partial charge in [0.1, 0.15) is 17.8 Å². The van der Waals surface area contributed by atoms with E-state index in [9.17, 15) is 14.4 Å². The highest BCUT2D eigenvalue weighted by Gasteiger charge is 2.61. The molecular formula is C27H46N2O8Si2. The van der Waals surface area contributed by atoms with Crippen molar-refractivity contribution in [2.45, 2.75) is 122 Å². The summed E-state index contributed by atoms with van der Waals surface area (Å²) < 4.78 is 34.5. The van der Waals surface area contributed by atoms with Gasteiger partial charge in [0, 0.05) is 23.9 Å². The molecule has 2 fully saturated rings. The van der Waals surface area contributed by atoms with Crippen LogP contribution in [0.1, 0.15) is 82.4 Å². The second-order valence-corrected chi connectivity index (χ2v) is 21.6. The highest BCUT2D eigenvalue weighted by Crippen LogP contribution is 2.49. The lowest BCUT2D eigenvalue weighted by Crippen LogP contribution is -2.65. The van der Waals surface area contributed by atoms with Gasteiger partial charge in [-0.15, -0.1) is 0 Å². The van der Waals surface area contributed by atoms with Gasteiger partial charge in [-0.25, -0.2) is 9.59 Å². The fourth-order valence-corrected chi connectivity index (χ4v) is 16.7. The molecule has 0 spiro atoms. The lowest BCUT2D eigenvalue weighted by atomic mass is 10.1. The standard InChI is InChI=1S/C27H46N2O8Si2/c1-16(2)38(17(3)4)33-15-21-24(36-39(37-38,18(5)6)19(7)8)20(14-23(31)35-27(9,10)11)25(34-21)29-13-12-22(30)28-26(29)32/h12-14,16-19,21,24-25H,15H2,1-11H3,(H,28,30,32)/b20-14-/t21-,24+,25-/m1/s1. The number of aromatic nitrogens is 2. The van der Waals surface area contributed by atoms with Gasteiger partial charge in [0.15, 0.2) is 6.23 Å². The molecule has 0 saturated carbocycles. The lowest BCUT2D eigenvalue weighted by molar-refractivity contribution is -0.148. The van der Waals surface area contributed by atoms with Crippen molar-refractivity contribution in [3.63, 3.8) is 0 Å². The maximum absolute atomic E-state index is 13.1. The summed E-state index contributed by atoms with van der Waals surface area (Å²) in [5.74, 6) is -0.578. The predicted molar refractivity (Wildman–Crippen MR) is 153 cm³/mol. The van der Waals surface area contributed by atoms with Gasteiger partial charge in [-0.1, -0.05) is 55.4 Å². The summed E-state index contributed by atoms with van der Waals surface area (Å²) in [7, 11) is -5.86. The average molecular weight is 583 g/mol. The van der Waals surface area contributed by atoms with Crippen LogP contribution in [0.15, 0.2) is 33.5 Å². The summed E-state index contributed by atoms with van der Waals surface area (Å²) in [6.07, 6.45) is 0.389. The fourth-order valence-electron chi connectivity index (χ4n) is 5.52. The SMILES string of the molecule is CC(C)[Si]1(C(C)C)OC[C@H]2O[C@@H](n3ccc(=O)[nH]c3=O)/C(=C\C(=O)OC(C)(C)C)[C@@H]2O[Si](C(C)C)(C(C)C)O1. The molecule has 1 aromatic heterocycles. The van der Waals surface area contributed by atoms with Crippen molar-refractivity contribution in [1.82, 2.24) is 9.55 Å². The third-order valence-electron chi connectivity index (χ3n) is 7.37. The maximum Gasteiger partial charge on any atom is 0.335 e. The first-order valence-electron chi connectivity index (χ1n) is 13.9. The quantitative estimate of drug-likeness (QED) is 0.292. The van der Waals surface area contributed by atoms with Gasteiger partial charge in [0.05, 0.1) is 6.61 Å². The molecule has 2 aliphatic heterocycles. The molecule has 0 unspecified atom stereocenters. The Morgan fingerprint density at radius 2 is 1.59 bits per heavy atom. The minimum Gasteiger partial charge on any atom is -0.457 e. The van der Waals surface area contributed by atoms with E-state index in [2.05, 4.69) is 60.4 Å². The summed E-state index contributed by atoms with van der Waals surface area (Å²) in [5.41, 5.74) is -1.06. The number of nitrogens with zero attached hydrogens (tertiary/aromatic N) is 1. The Hall–Kier alpha value is -1.84. The van der Waals surface area contributed by atoms with E-state index >= 15 is 0 Å². The number of ether oxygens (including phenoxy) is 2. The topological polar surface area (TPSA) is 118 Å². The predicted octanol–water partition coefficient (Wildman–Crippen LogP) is 4.66. The molecule has 0 aromatic carbocycles. The van der Waals surface area contributed by atoms with E-state index in [1.165, 1.54) is 22.9 Å². The first-order chi connectivity index (χ1) is 17.9. The summed E-state index contributed by atoms with van der Waals surface area (Å²) >= 11 is 0. The van der Waals surface area contributed by atoms with Crippen molar-refractivity contribution in [1.29, 1.82) is 0 Å². The third kappa shape index (κ3) is 6.41. The number of hydrogen-bond donors (Lipinski definition) is 1. The van der Waals surface area contributed by atoms with Gasteiger partial charge < -0.3 is 22.4 Å². The van der Waals surface area contributed by atoms with E-state index < -0.39 is 58.4 Å². The van der Waals surface area contributed by atoms with Crippen molar-refractivity contribution >= 4 is 23.1 Å². The molecule has 0 radical (unpaired) electrons. The van der Waals surface area contributed by atoms with E-state index in [4.69, 9.17) is 22.4 Å². The van der Waals surface area contributed by atoms with Gasteiger partial charge in [-0.2, -0.15) is 0 Å². The molecule has 1 aromatic rings. The van der Waals surface area contributed by atoms with Gasteiger partial charge in [-0.3, -0.25) is 14.3 Å². The van der Waals surface area contributed by atoms with Crippen molar-refractivity contribution in [2.75, 3.05) is 6.61 Å². The fraction of sp³-hybridized carbons (Fsp3) is 0.741. The van der Waals surface area contributed by atoms with Gasteiger partial charge in [0.25, 0.3) is 5.56 Å². The smallest absolute Gasteiger partial charge is 0.335 e. The first kappa shape index (κ1) is 31.7. The van der Waals surface area contributed by atoms with E-state index in [0.29, 0.717) is 5.57 Å². The second-order valence-electron chi connectivity index (χ2n) is 12.7. The van der Waals surface area contributed by atoms with Crippen LogP contribution in [0.4, 0.5) is 0 Å². The van der Waals surface area contributed by atoms with Crippen molar-refractivity contribution in [2.24, 2.45) is 0 Å². The molecule has 220 valence electrons. The molecule has 3 atom stereocenters. The zero-order valence-electron chi connectivity index (χ0n) is 25.2. The zero-order valence-corrected chi connectivity index (χ0v) is 27.2. The van der Waals surface area contributed by atoms with Gasteiger partial charge >= 0.3 is 28.8 Å². The molecule has 2 aliphatic rings. The molecule has 0 amide bonds. The Bertz CT molecular complexity index is 1170. The third-order valence-corrected chi connectivity index (χ3v) is 17.6. The summed E-state index contributed by atoms with van der Waals surface area (Å²) in [5, 5.41) is 0. The second kappa shape index (κ2) is 11.6. The Morgan fingerprint density at radius 3 is 2.08 bits per heavy atom. The van der Waals surface area contributed by atoms with Crippen LogP contribution in [0.5, 0.6) is 0 Å². The summed E-state index contributed by atoms with van der Waals surface area (Å²) in [6.45, 7) is 22.5. The summed E-state index contributed by atoms with van der Waals surface area (Å²) in [4.78, 5) is 40.0. The van der Waals surface area contributed by atoms with Crippen LogP contribution >= 0.6 is 0 Å². The normalized spacial score (nSPS) is 26.2. The molecule has 39 heavy (non-hydrogen) atoms. The van der Waals surface area contributed by atoms with E-state index in [1.807, 2.05) is 0 Å². The number of carbonyl (C=O) groups excluding carboxylic acids is 1. The van der Waals surface area contributed by atoms with E-state index in [-0.39, 0.29) is 28.8 Å². The molecule has 3 heterocycles. The van der Waals surface area contributed by atoms with Crippen LogP contribution in [-0.4, -0.2) is 57.1 Å². The van der Waals surface area contributed by atoms with Crippen LogP contribution in [0, 0.1) is 0 Å². The van der Waals surface area contributed by atoms with Gasteiger partial charge in [0.2, 0.25) is 0 Å². The van der Waals surface area contributed by atoms with Crippen LogP contribution in [0.25, 0.3) is 0 Å². The number of nitrogens with one attached hydrogen (secondary N) is 1. The maximum atomic E-state index is 13.1. The minimum absolute atomic E-state index is 0.0573. The molecule has 0 bridgehead atoms. The highest BCUT2D eigenvalue weighted by molar-refractivity contribution is 6.84. The Labute approximate surface area is 233 Å². The van der Waals surface area contributed by atoms with Gasteiger partial charge in [-0.05, 0) is 42.9 Å². The monoisotopic (exact) mass is 582 g/mol. The van der Waals surface area contributed by atoms with Crippen LogP contribution < -0.4 is 11.2 Å². The van der Waals surface area contributed by atoms with Crippen LogP contribution in [0.3, 0.4) is 0 Å². The van der Waals surface area contributed by atoms with Crippen molar-refractivity contribution in [3.05, 3.63) is 44.8 Å². The number of fused-ring (bicyclic) bond motifs is 1. The summed E-state index contributed by atoms with van der Waals surface area (Å²) in [6, 6.07) is 1.24. The molecule has 0 aliphatic carbocycles. The van der Waals surface area contributed by atoms with E-state index in [1.54, 1.807) is 20.8 Å². The number of H-pyrrole nitrogens is 1. The molecular weight excluding hydrogens is 536 g/mol. The number of hydrogen-bond acceptors (Lipinski definition) is 8. The largest absolute Gasteiger partial charge is 0.457 e. The molecule has 12 heteroatoms. The van der Waals surface area contributed by atoms with Crippen LogP contribution in [-0.2, 0) is 27.2 Å². The molecule has 2 saturated heterocycles. The Morgan fingerprint density at radius 1 is 1.03 bits per heavy atom. The number of aromatic amines is 1. The Balaban J connectivity index is 2.23. The van der Waals surface area contributed by atoms with Crippen molar-refractivity contribution < 1.29 is 27.2 Å². The zero-order chi connectivity index (χ0) is 29.5. The number of carbonyl (C=O) groups is 1. The van der Waals surface area contributed by atoms with Crippen molar-refractivity contribution in [3.8, 4) is 0 Å². The molecule has 10 nitrogen and oxygen atoms in total. The molecule has 3 rings (SSSR count). The number of esters is 1. The lowest BCUT2D eigenvalue weighted by Gasteiger charge is -2.51. The Kier molecular flexibility index (Phi) is 9.40. The minimum atomic E-state index is -3.04. The molecule has 1 N–H and O–H groups in total. The van der Waals surface area contributed by atoms with Crippen LogP contribution in [0.2, 0.25) is 22.2 Å². The number of rotatable bonds is 6. The first-order valence-corrected chi connectivity index (χ1v) is 17.8.